The van der Waals surface area contributed by atoms with Crippen molar-refractivity contribution in [1.29, 1.82) is 0 Å². The maximum Gasteiger partial charge on any atom is 0.185 e. The Bertz CT molecular complexity index is 773. The van der Waals surface area contributed by atoms with Gasteiger partial charge in [0, 0.05) is 11.1 Å². The number of ether oxygens (including phenoxy) is 3. The average Bonchev–Trinajstić information content (AvgIpc) is 2.61. The molecule has 2 aromatic rings. The normalized spacial score (nSPS) is 11.2. The second-order valence-electron chi connectivity index (χ2n) is 6.69. The van der Waals surface area contributed by atoms with Gasteiger partial charge in [0.25, 0.3) is 0 Å². The summed E-state index contributed by atoms with van der Waals surface area (Å²) in [5.74, 6) is 2.14. The predicted molar refractivity (Wildman–Crippen MR) is 109 cm³/mol. The van der Waals surface area contributed by atoms with Crippen molar-refractivity contribution in [2.75, 3.05) is 6.61 Å². The highest BCUT2D eigenvalue weighted by Gasteiger charge is 2.08. The van der Waals surface area contributed by atoms with E-state index in [9.17, 15) is 4.79 Å². The summed E-state index contributed by atoms with van der Waals surface area (Å²) in [5, 5.41) is 0. The number of ketones is 1. The van der Waals surface area contributed by atoms with Crippen LogP contribution in [0.2, 0.25) is 0 Å². The number of hydrogen-bond donors (Lipinski definition) is 0. The van der Waals surface area contributed by atoms with Gasteiger partial charge in [0.2, 0.25) is 0 Å². The van der Waals surface area contributed by atoms with E-state index >= 15 is 0 Å². The van der Waals surface area contributed by atoms with E-state index in [2.05, 4.69) is 0 Å². The smallest absolute Gasteiger partial charge is 0.185 e. The summed E-state index contributed by atoms with van der Waals surface area (Å²) in [4.78, 5) is 12.5. The molecule has 0 atom stereocenters. The van der Waals surface area contributed by atoms with E-state index in [1.54, 1.807) is 36.4 Å². The molecule has 0 N–H and O–H groups in total. The van der Waals surface area contributed by atoms with Gasteiger partial charge in [-0.25, -0.2) is 0 Å². The maximum atomic E-state index is 12.5. The third kappa shape index (κ3) is 6.48. The predicted octanol–water partition coefficient (Wildman–Crippen LogP) is 5.56. The lowest BCUT2D eigenvalue weighted by Gasteiger charge is -2.15. The molecule has 0 spiro atoms. The highest BCUT2D eigenvalue weighted by Crippen LogP contribution is 2.27. The van der Waals surface area contributed by atoms with E-state index in [0.29, 0.717) is 12.2 Å². The van der Waals surface area contributed by atoms with E-state index in [1.807, 2.05) is 52.8 Å². The van der Waals surface area contributed by atoms with E-state index in [-0.39, 0.29) is 18.0 Å². The fourth-order valence-electron chi connectivity index (χ4n) is 2.51. The van der Waals surface area contributed by atoms with Crippen LogP contribution in [0.3, 0.4) is 0 Å². The van der Waals surface area contributed by atoms with Crippen LogP contribution in [0.25, 0.3) is 6.08 Å². The Labute approximate surface area is 161 Å². The number of allylic oxidation sites excluding steroid dienone is 1. The van der Waals surface area contributed by atoms with Crippen molar-refractivity contribution >= 4 is 11.9 Å². The Kier molecular flexibility index (Phi) is 7.47. The summed E-state index contributed by atoms with van der Waals surface area (Å²) in [6.07, 6.45) is 3.43. The monoisotopic (exact) mass is 368 g/mol. The van der Waals surface area contributed by atoms with Crippen molar-refractivity contribution in [3.8, 4) is 17.2 Å². The molecule has 0 unspecified atom stereocenters. The van der Waals surface area contributed by atoms with Gasteiger partial charge in [0.15, 0.2) is 5.78 Å². The quantitative estimate of drug-likeness (QED) is 0.430. The highest BCUT2D eigenvalue weighted by molar-refractivity contribution is 6.07. The van der Waals surface area contributed by atoms with Crippen LogP contribution in [-0.2, 0) is 0 Å². The molecule has 0 aliphatic heterocycles. The Morgan fingerprint density at radius 3 is 2.15 bits per heavy atom. The van der Waals surface area contributed by atoms with Crippen molar-refractivity contribution in [2.24, 2.45) is 0 Å². The van der Waals surface area contributed by atoms with Crippen molar-refractivity contribution in [1.82, 2.24) is 0 Å². The molecule has 4 nitrogen and oxygen atoms in total. The van der Waals surface area contributed by atoms with Crippen LogP contribution >= 0.6 is 0 Å². The molecule has 0 aliphatic rings. The van der Waals surface area contributed by atoms with Gasteiger partial charge in [-0.05, 0) is 89.2 Å². The molecule has 0 radical (unpaired) electrons. The van der Waals surface area contributed by atoms with Crippen molar-refractivity contribution in [3.05, 3.63) is 59.7 Å². The molecule has 0 amide bonds. The van der Waals surface area contributed by atoms with Gasteiger partial charge in [-0.15, -0.1) is 0 Å². The van der Waals surface area contributed by atoms with Crippen molar-refractivity contribution in [2.45, 2.75) is 46.8 Å². The number of rotatable bonds is 9. The summed E-state index contributed by atoms with van der Waals surface area (Å²) >= 11 is 0. The van der Waals surface area contributed by atoms with E-state index < -0.39 is 0 Å². The van der Waals surface area contributed by atoms with E-state index in [1.165, 1.54) is 0 Å². The van der Waals surface area contributed by atoms with Crippen LogP contribution in [0.15, 0.2) is 48.5 Å². The van der Waals surface area contributed by atoms with Crippen molar-refractivity contribution < 1.29 is 19.0 Å². The van der Waals surface area contributed by atoms with Crippen LogP contribution in [-0.4, -0.2) is 24.6 Å². The Morgan fingerprint density at radius 1 is 0.926 bits per heavy atom. The summed E-state index contributed by atoms with van der Waals surface area (Å²) in [6.45, 7) is 10.4. The first kappa shape index (κ1) is 20.6. The summed E-state index contributed by atoms with van der Waals surface area (Å²) in [7, 11) is 0. The lowest BCUT2D eigenvalue weighted by molar-refractivity contribution is 0.104. The third-order valence-corrected chi connectivity index (χ3v) is 3.58. The van der Waals surface area contributed by atoms with Crippen LogP contribution in [0, 0.1) is 0 Å². The SMILES string of the molecule is CCOc1ccc(C(=O)C=Cc2cc(OC(C)C)ccc2OC(C)C)cc1. The lowest BCUT2D eigenvalue weighted by atomic mass is 10.1. The minimum absolute atomic E-state index is 0.0378. The first-order chi connectivity index (χ1) is 12.9. The molecule has 0 bridgehead atoms. The molecule has 144 valence electrons. The van der Waals surface area contributed by atoms with Gasteiger partial charge in [0.1, 0.15) is 17.2 Å². The van der Waals surface area contributed by atoms with Gasteiger partial charge < -0.3 is 14.2 Å². The minimum atomic E-state index is -0.0799. The number of benzene rings is 2. The van der Waals surface area contributed by atoms with Crippen molar-refractivity contribution in [3.63, 3.8) is 0 Å². The zero-order valence-electron chi connectivity index (χ0n) is 16.7. The fraction of sp³-hybridized carbons (Fsp3) is 0.348. The summed E-state index contributed by atoms with van der Waals surface area (Å²) in [6, 6.07) is 12.8. The number of hydrogen-bond acceptors (Lipinski definition) is 4. The minimum Gasteiger partial charge on any atom is -0.494 e. The highest BCUT2D eigenvalue weighted by atomic mass is 16.5. The van der Waals surface area contributed by atoms with Gasteiger partial charge in [-0.3, -0.25) is 4.79 Å². The van der Waals surface area contributed by atoms with E-state index in [4.69, 9.17) is 14.2 Å². The molecule has 4 heteroatoms. The molecule has 0 aromatic heterocycles. The molecule has 0 saturated heterocycles. The molecule has 0 aliphatic carbocycles. The zero-order valence-corrected chi connectivity index (χ0v) is 16.7. The maximum absolute atomic E-state index is 12.5. The van der Waals surface area contributed by atoms with Gasteiger partial charge >= 0.3 is 0 Å². The number of carbonyl (C=O) groups excluding carboxylic acids is 1. The van der Waals surface area contributed by atoms with Gasteiger partial charge in [0.05, 0.1) is 18.8 Å². The van der Waals surface area contributed by atoms with Gasteiger partial charge in [-0.1, -0.05) is 0 Å². The molecule has 0 saturated carbocycles. The number of carbonyl (C=O) groups is 1. The largest absolute Gasteiger partial charge is 0.494 e. The van der Waals surface area contributed by atoms with Crippen LogP contribution in [0.5, 0.6) is 17.2 Å². The Morgan fingerprint density at radius 2 is 1.56 bits per heavy atom. The molecule has 2 rings (SSSR count). The first-order valence-corrected chi connectivity index (χ1v) is 9.31. The molecule has 27 heavy (non-hydrogen) atoms. The van der Waals surface area contributed by atoms with E-state index in [0.717, 1.165) is 22.8 Å². The Balaban J connectivity index is 2.22. The summed E-state index contributed by atoms with van der Waals surface area (Å²) in [5.41, 5.74) is 1.41. The zero-order chi connectivity index (χ0) is 19.8. The topological polar surface area (TPSA) is 44.8 Å². The third-order valence-electron chi connectivity index (χ3n) is 3.58. The average molecular weight is 368 g/mol. The van der Waals surface area contributed by atoms with Crippen LogP contribution < -0.4 is 14.2 Å². The van der Waals surface area contributed by atoms with Gasteiger partial charge in [-0.2, -0.15) is 0 Å². The lowest BCUT2D eigenvalue weighted by Crippen LogP contribution is -2.08. The second-order valence-corrected chi connectivity index (χ2v) is 6.69. The van der Waals surface area contributed by atoms with Crippen LogP contribution in [0.4, 0.5) is 0 Å². The van der Waals surface area contributed by atoms with Crippen LogP contribution in [0.1, 0.15) is 50.5 Å². The second kappa shape index (κ2) is 9.81. The molecule has 0 fully saturated rings. The standard InChI is InChI=1S/C23H28O4/c1-6-25-20-10-7-18(8-11-20)22(24)13-9-19-15-21(26-16(2)3)12-14-23(19)27-17(4)5/h7-17H,6H2,1-5H3. The molecule has 2 aromatic carbocycles. The molecule has 0 heterocycles. The first-order valence-electron chi connectivity index (χ1n) is 9.31. The summed E-state index contributed by atoms with van der Waals surface area (Å²) < 4.78 is 17.0. The molecular weight excluding hydrogens is 340 g/mol. The molecular formula is C23H28O4. The Hall–Kier alpha value is -2.75. The fourth-order valence-corrected chi connectivity index (χ4v) is 2.51.